The summed E-state index contributed by atoms with van der Waals surface area (Å²) in [4.78, 5) is 77.2. The number of amides is 3. The lowest BCUT2D eigenvalue weighted by atomic mass is 10.0. The number of thioether (sulfide) groups is 1. The van der Waals surface area contributed by atoms with Crippen LogP contribution in [0.4, 0.5) is 9.52 Å². The highest BCUT2D eigenvalue weighted by Gasteiger charge is 2.54. The number of β-lactam (4-membered cyclic amide) rings is 1. The molecule has 3 aromatic heterocycles. The van der Waals surface area contributed by atoms with Gasteiger partial charge in [0, 0.05) is 34.4 Å². The van der Waals surface area contributed by atoms with Crippen LogP contribution in [0.5, 0.6) is 0 Å². The number of aromatic nitrogens is 3. The normalized spacial score (nSPS) is 17.1. The topological polar surface area (TPSA) is 225 Å². The molecule has 3 amide bonds. The van der Waals surface area contributed by atoms with Crippen LogP contribution in [0.1, 0.15) is 11.5 Å². The number of nitrogens with two attached hydrogens (primary N) is 1. The molecule has 51 heavy (non-hydrogen) atoms. The Kier molecular flexibility index (Phi) is 9.98. The lowest BCUT2D eigenvalue weighted by molar-refractivity contribution is -0.689. The van der Waals surface area contributed by atoms with E-state index < -0.39 is 46.7 Å². The first-order chi connectivity index (χ1) is 24.5. The Bertz CT molecular complexity index is 2160. The van der Waals surface area contributed by atoms with Crippen molar-refractivity contribution in [2.75, 3.05) is 25.7 Å². The highest BCUT2D eigenvalue weighted by Crippen LogP contribution is 2.40. The highest BCUT2D eigenvalue weighted by atomic mass is 32.2. The van der Waals surface area contributed by atoms with Crippen LogP contribution >= 0.6 is 23.1 Å². The monoisotopic (exact) mass is 739 g/mol. The largest absolute Gasteiger partial charge is 0.477 e. The zero-order chi connectivity index (χ0) is 36.4. The van der Waals surface area contributed by atoms with Gasteiger partial charge in [0.25, 0.3) is 17.7 Å². The van der Waals surface area contributed by atoms with Crippen molar-refractivity contribution in [1.82, 2.24) is 25.2 Å². The first-order valence-corrected chi connectivity index (χ1v) is 16.8. The van der Waals surface area contributed by atoms with E-state index in [-0.39, 0.29) is 58.0 Å². The van der Waals surface area contributed by atoms with Crippen molar-refractivity contribution in [3.63, 3.8) is 0 Å². The minimum absolute atomic E-state index is 0.0603. The van der Waals surface area contributed by atoms with Gasteiger partial charge in [-0.15, -0.1) is 23.1 Å². The number of hydroxylamine groups is 1. The van der Waals surface area contributed by atoms with E-state index in [1.165, 1.54) is 49.7 Å². The molecule has 1 saturated heterocycles. The van der Waals surface area contributed by atoms with Gasteiger partial charge >= 0.3 is 11.7 Å². The molecule has 4 aromatic rings. The van der Waals surface area contributed by atoms with Gasteiger partial charge in [0.2, 0.25) is 0 Å². The number of carboxylic acids is 1. The summed E-state index contributed by atoms with van der Waals surface area (Å²) in [5, 5.41) is 17.5. The van der Waals surface area contributed by atoms with E-state index >= 15 is 4.39 Å². The Morgan fingerprint density at radius 3 is 2.63 bits per heavy atom. The number of carbonyl (C=O) groups excluding carboxylic acids is 3. The quantitative estimate of drug-likeness (QED) is 0.0678. The number of oxazole rings is 1. The van der Waals surface area contributed by atoms with Crippen LogP contribution in [0.2, 0.25) is 0 Å². The molecule has 264 valence electrons. The molecule has 2 atom stereocenters. The Labute approximate surface area is 295 Å². The molecule has 0 saturated carbocycles. The fourth-order valence-electron chi connectivity index (χ4n) is 5.51. The van der Waals surface area contributed by atoms with Crippen LogP contribution in [0.15, 0.2) is 79.9 Å². The fourth-order valence-corrected chi connectivity index (χ4v) is 7.39. The molecular formula is C31H28FN8O9S2+. The van der Waals surface area contributed by atoms with Crippen LogP contribution in [-0.2, 0) is 41.8 Å². The number of hydrogen-bond donors (Lipinski definition) is 4. The summed E-state index contributed by atoms with van der Waals surface area (Å²) in [6, 6.07) is 6.45. The Balaban J connectivity index is 1.14. The summed E-state index contributed by atoms with van der Waals surface area (Å²) >= 11 is 2.39. The SMILES string of the molecule is CO/N=C(\C(=O)N[C@@H]1C(=O)N2C(C(=O)O)=C(C[n+]3ccc(-c4ccc(-n5cc(CC(=O)NOC)oc5=O)cc4F)cc3)CS[C@@H]12)c1csc(N)n1. The number of rotatable bonds is 12. The van der Waals surface area contributed by atoms with Crippen molar-refractivity contribution in [3.05, 3.63) is 93.4 Å². The van der Waals surface area contributed by atoms with Gasteiger partial charge in [0.05, 0.1) is 25.4 Å². The standard InChI is InChI=1S/C31H27FN8O9S2/c1-47-36-22(41)10-18-12-39(31(46)49-18)17-3-4-19(20(32)9-17)15-5-7-38(8-6-15)11-16-13-50-28-24(27(43)40(28)25(16)29(44)45)35-26(42)23(37-48-2)21-14-51-30(33)34-21/h3-9,12,14,24,28H,10-11,13H2,1-2H3,(H4-,33,34,35,36,41,42,44,45)/p+1/b37-23-/t24-,28+/m1/s1. The number of thiazole rings is 1. The number of aliphatic carboxylic acids is 1. The van der Waals surface area contributed by atoms with Crippen LogP contribution in [0.25, 0.3) is 16.8 Å². The van der Waals surface area contributed by atoms with Gasteiger partial charge in [-0.3, -0.25) is 24.1 Å². The van der Waals surface area contributed by atoms with Crippen LogP contribution in [-0.4, -0.2) is 80.3 Å². The number of halogens is 1. The number of nitrogens with zero attached hydrogens (tertiary/aromatic N) is 5. The van der Waals surface area contributed by atoms with Crippen molar-refractivity contribution in [2.24, 2.45) is 5.16 Å². The second kappa shape index (κ2) is 14.5. The summed E-state index contributed by atoms with van der Waals surface area (Å²) in [6.45, 7) is 0.119. The molecule has 0 radical (unpaired) electrons. The van der Waals surface area contributed by atoms with E-state index in [1.807, 2.05) is 0 Å². The number of oxime groups is 1. The number of carboxylic acid groups (broad SMARTS) is 1. The fraction of sp³-hybridized carbons (Fsp3) is 0.226. The van der Waals surface area contributed by atoms with E-state index in [1.54, 1.807) is 29.1 Å². The van der Waals surface area contributed by atoms with E-state index in [2.05, 4.69) is 25.8 Å². The first kappa shape index (κ1) is 35.0. The van der Waals surface area contributed by atoms with E-state index in [9.17, 15) is 29.1 Å². The van der Waals surface area contributed by atoms with Crippen LogP contribution in [0, 0.1) is 5.82 Å². The molecule has 0 aliphatic carbocycles. The third kappa shape index (κ3) is 7.09. The van der Waals surface area contributed by atoms with Crippen LogP contribution < -0.4 is 26.9 Å². The summed E-state index contributed by atoms with van der Waals surface area (Å²) in [5.41, 5.74) is 8.98. The minimum Gasteiger partial charge on any atom is -0.477 e. The first-order valence-electron chi connectivity index (χ1n) is 14.8. The highest BCUT2D eigenvalue weighted by molar-refractivity contribution is 8.00. The van der Waals surface area contributed by atoms with Gasteiger partial charge in [-0.1, -0.05) is 5.16 Å². The van der Waals surface area contributed by atoms with Gasteiger partial charge < -0.3 is 25.4 Å². The third-order valence-electron chi connectivity index (χ3n) is 7.74. The predicted octanol–water partition coefficient (Wildman–Crippen LogP) is 0.572. The molecule has 1 aromatic carbocycles. The van der Waals surface area contributed by atoms with Gasteiger partial charge in [-0.2, -0.15) is 0 Å². The maximum absolute atomic E-state index is 15.3. The molecule has 0 unspecified atom stereocenters. The average Bonchev–Trinajstić information content (AvgIpc) is 3.70. The number of hydrogen-bond acceptors (Lipinski definition) is 13. The summed E-state index contributed by atoms with van der Waals surface area (Å²) in [6.07, 6.45) is 4.33. The molecule has 17 nitrogen and oxygen atoms in total. The second-order valence-electron chi connectivity index (χ2n) is 11.0. The van der Waals surface area contributed by atoms with Crippen molar-refractivity contribution in [3.8, 4) is 16.8 Å². The number of pyridine rings is 1. The molecule has 5 heterocycles. The van der Waals surface area contributed by atoms with Crippen molar-refractivity contribution >= 4 is 57.6 Å². The predicted molar refractivity (Wildman–Crippen MR) is 179 cm³/mol. The third-order valence-corrected chi connectivity index (χ3v) is 9.76. The number of carbonyl (C=O) groups is 4. The second-order valence-corrected chi connectivity index (χ2v) is 13.0. The molecule has 6 rings (SSSR count). The van der Waals surface area contributed by atoms with E-state index in [4.69, 9.17) is 15.0 Å². The number of fused-ring (bicyclic) bond motifs is 1. The van der Waals surface area contributed by atoms with Crippen molar-refractivity contribution in [2.45, 2.75) is 24.4 Å². The zero-order valence-electron chi connectivity index (χ0n) is 26.7. The minimum atomic E-state index is -1.30. The smallest absolute Gasteiger partial charge is 0.423 e. The Morgan fingerprint density at radius 2 is 1.98 bits per heavy atom. The van der Waals surface area contributed by atoms with E-state index in [0.29, 0.717) is 11.1 Å². The summed E-state index contributed by atoms with van der Waals surface area (Å²) in [5.74, 6) is -4.28. The van der Waals surface area contributed by atoms with E-state index in [0.717, 1.165) is 26.9 Å². The van der Waals surface area contributed by atoms with Crippen molar-refractivity contribution < 1.29 is 47.3 Å². The van der Waals surface area contributed by atoms with Crippen molar-refractivity contribution in [1.29, 1.82) is 0 Å². The molecule has 1 fully saturated rings. The van der Waals surface area contributed by atoms with Gasteiger partial charge in [0.15, 0.2) is 29.8 Å². The van der Waals surface area contributed by atoms with Gasteiger partial charge in [-0.05, 0) is 23.8 Å². The number of nitrogens with one attached hydrogen (secondary N) is 2. The molecular weight excluding hydrogens is 712 g/mol. The Morgan fingerprint density at radius 1 is 1.22 bits per heavy atom. The molecule has 20 heteroatoms. The van der Waals surface area contributed by atoms with Gasteiger partial charge in [0.1, 0.15) is 41.5 Å². The lowest BCUT2D eigenvalue weighted by Crippen LogP contribution is -2.71. The molecule has 0 bridgehead atoms. The number of benzene rings is 1. The maximum Gasteiger partial charge on any atom is 0.423 e. The average molecular weight is 740 g/mol. The lowest BCUT2D eigenvalue weighted by Gasteiger charge is -2.49. The number of nitrogen functional groups attached to an aromatic ring is 1. The molecule has 2 aliphatic heterocycles. The Hall–Kier alpha value is -5.86. The molecule has 0 spiro atoms. The molecule has 2 aliphatic rings. The molecule has 5 N–H and O–H groups in total. The summed E-state index contributed by atoms with van der Waals surface area (Å²) in [7, 11) is 2.52. The van der Waals surface area contributed by atoms with Gasteiger partial charge in [-0.25, -0.2) is 33.6 Å². The van der Waals surface area contributed by atoms with Crippen LogP contribution in [0.3, 0.4) is 0 Å². The zero-order valence-corrected chi connectivity index (χ0v) is 28.3. The maximum atomic E-state index is 15.3. The summed E-state index contributed by atoms with van der Waals surface area (Å²) < 4.78 is 23.1. The number of anilines is 1.